The number of carbonyl (C=O) groups excluding carboxylic acids is 2. The lowest BCUT2D eigenvalue weighted by molar-refractivity contribution is -0.133. The molecular weight excluding hydrogens is 489 g/mol. The van der Waals surface area contributed by atoms with E-state index in [-0.39, 0.29) is 43.1 Å². The van der Waals surface area contributed by atoms with Gasteiger partial charge in [-0.25, -0.2) is 0 Å². The molecule has 0 spiro atoms. The molecule has 1 atom stereocenters. The minimum absolute atomic E-state index is 0. The number of rotatable bonds is 13. The van der Waals surface area contributed by atoms with E-state index in [2.05, 4.69) is 19.9 Å². The van der Waals surface area contributed by atoms with Gasteiger partial charge in [-0.1, -0.05) is 11.6 Å². The van der Waals surface area contributed by atoms with Gasteiger partial charge in [0.25, 0.3) is 5.91 Å². The number of fused-ring (bicyclic) bond motifs is 1. The number of nitrogens with zero attached hydrogens (tertiary/aromatic N) is 1. The first-order valence-corrected chi connectivity index (χ1v) is 11.7. The fourth-order valence-electron chi connectivity index (χ4n) is 3.74. The summed E-state index contributed by atoms with van der Waals surface area (Å²) < 4.78 is 12.3. The van der Waals surface area contributed by atoms with E-state index in [1.807, 2.05) is 19.1 Å². The van der Waals surface area contributed by atoms with Crippen LogP contribution in [0.15, 0.2) is 29.9 Å². The standard InChI is InChI=1S/C26H39N3O4.2ClH/c1-19(2)8-5-12-26(4)13-11-22-23(33-26)10-9-21(20(3)30)25(22)32-18-24(31)29(16-6-14-27)17-7-15-28;;/h8-11,13H,5-7,12,14-18,27-28H2,1-4H3;2*1H. The molecule has 1 aliphatic rings. The van der Waals surface area contributed by atoms with Crippen LogP contribution in [0.5, 0.6) is 11.5 Å². The van der Waals surface area contributed by atoms with Gasteiger partial charge in [0.15, 0.2) is 12.4 Å². The summed E-state index contributed by atoms with van der Waals surface area (Å²) in [5.41, 5.74) is 13.2. The lowest BCUT2D eigenvalue weighted by atomic mass is 9.93. The molecule has 0 saturated heterocycles. The number of carbonyl (C=O) groups is 2. The zero-order valence-electron chi connectivity index (χ0n) is 21.3. The van der Waals surface area contributed by atoms with Crippen LogP contribution in [0.4, 0.5) is 0 Å². The molecule has 1 unspecified atom stereocenters. The van der Waals surface area contributed by atoms with Gasteiger partial charge in [0, 0.05) is 13.1 Å². The Balaban J connectivity index is 0.00000578. The molecule has 0 fully saturated rings. The summed E-state index contributed by atoms with van der Waals surface area (Å²) in [7, 11) is 0. The zero-order valence-corrected chi connectivity index (χ0v) is 22.9. The summed E-state index contributed by atoms with van der Waals surface area (Å²) in [6.07, 6.45) is 9.28. The first-order valence-electron chi connectivity index (χ1n) is 11.7. The molecule has 0 aromatic heterocycles. The smallest absolute Gasteiger partial charge is 0.260 e. The van der Waals surface area contributed by atoms with Crippen molar-refractivity contribution in [1.82, 2.24) is 4.90 Å². The number of hydrogen-bond donors (Lipinski definition) is 2. The third-order valence-corrected chi connectivity index (χ3v) is 5.63. The molecule has 1 aromatic rings. The van der Waals surface area contributed by atoms with Crippen molar-refractivity contribution in [2.24, 2.45) is 11.5 Å². The second kappa shape index (κ2) is 15.8. The fraction of sp³-hybridized carbons (Fsp3) is 0.538. The van der Waals surface area contributed by atoms with Crippen molar-refractivity contribution >= 4 is 42.6 Å². The Bertz CT molecular complexity index is 893. The maximum Gasteiger partial charge on any atom is 0.260 e. The van der Waals surface area contributed by atoms with Crippen LogP contribution < -0.4 is 20.9 Å². The van der Waals surface area contributed by atoms with Crippen molar-refractivity contribution in [2.75, 3.05) is 32.8 Å². The molecule has 1 heterocycles. The van der Waals surface area contributed by atoms with E-state index in [0.717, 1.165) is 12.8 Å². The SMILES string of the molecule is CC(=O)c1ccc2c(c1OCC(=O)N(CCCN)CCCN)C=CC(C)(CCC=C(C)C)O2.Cl.Cl. The molecule has 198 valence electrons. The highest BCUT2D eigenvalue weighted by molar-refractivity contribution is 5.99. The van der Waals surface area contributed by atoms with Gasteiger partial charge in [-0.15, -0.1) is 24.8 Å². The second-order valence-electron chi connectivity index (χ2n) is 8.93. The molecule has 0 bridgehead atoms. The van der Waals surface area contributed by atoms with Crippen molar-refractivity contribution in [2.45, 2.75) is 59.0 Å². The largest absolute Gasteiger partial charge is 0.483 e. The van der Waals surface area contributed by atoms with Crippen molar-refractivity contribution in [1.29, 1.82) is 0 Å². The van der Waals surface area contributed by atoms with Crippen molar-refractivity contribution in [3.8, 4) is 11.5 Å². The number of nitrogens with two attached hydrogens (primary N) is 2. The van der Waals surface area contributed by atoms with E-state index in [4.69, 9.17) is 20.9 Å². The van der Waals surface area contributed by atoms with Crippen molar-refractivity contribution in [3.63, 3.8) is 0 Å². The number of ketones is 1. The Hall–Kier alpha value is -2.06. The first kappa shape index (κ1) is 32.9. The number of benzene rings is 1. The third kappa shape index (κ3) is 9.84. The van der Waals surface area contributed by atoms with Crippen LogP contribution in [0, 0.1) is 0 Å². The Labute approximate surface area is 222 Å². The van der Waals surface area contributed by atoms with Gasteiger partial charge in [0.1, 0.15) is 17.1 Å². The molecule has 0 saturated carbocycles. The predicted molar refractivity (Wildman–Crippen MR) is 147 cm³/mol. The number of allylic oxidation sites excluding steroid dienone is 2. The van der Waals surface area contributed by atoms with Gasteiger partial charge in [0.05, 0.1) is 11.1 Å². The van der Waals surface area contributed by atoms with Gasteiger partial charge in [-0.2, -0.15) is 0 Å². The quantitative estimate of drug-likeness (QED) is 0.286. The van der Waals surface area contributed by atoms with Crippen LogP contribution in [-0.2, 0) is 4.79 Å². The van der Waals surface area contributed by atoms with Gasteiger partial charge in [-0.3, -0.25) is 9.59 Å². The number of amides is 1. The maximum atomic E-state index is 12.8. The summed E-state index contributed by atoms with van der Waals surface area (Å²) in [5.74, 6) is 0.742. The summed E-state index contributed by atoms with van der Waals surface area (Å²) in [6.45, 7) is 9.63. The molecule has 1 aromatic carbocycles. The van der Waals surface area contributed by atoms with E-state index in [0.29, 0.717) is 61.6 Å². The molecule has 0 radical (unpaired) electrons. The van der Waals surface area contributed by atoms with Crippen molar-refractivity contribution < 1.29 is 19.1 Å². The lowest BCUT2D eigenvalue weighted by Gasteiger charge is -2.32. The van der Waals surface area contributed by atoms with E-state index >= 15 is 0 Å². The average Bonchev–Trinajstić information content (AvgIpc) is 2.76. The summed E-state index contributed by atoms with van der Waals surface area (Å²) >= 11 is 0. The van der Waals surface area contributed by atoms with Gasteiger partial charge in [-0.05, 0) is 90.8 Å². The maximum absolute atomic E-state index is 12.8. The molecule has 35 heavy (non-hydrogen) atoms. The average molecular weight is 531 g/mol. The molecule has 2 rings (SSSR count). The van der Waals surface area contributed by atoms with E-state index < -0.39 is 5.60 Å². The molecule has 4 N–H and O–H groups in total. The van der Waals surface area contributed by atoms with Crippen LogP contribution in [-0.4, -0.2) is 55.0 Å². The van der Waals surface area contributed by atoms with Crippen molar-refractivity contribution in [3.05, 3.63) is 41.0 Å². The Morgan fingerprint density at radius 2 is 1.71 bits per heavy atom. The van der Waals surface area contributed by atoms with E-state index in [1.165, 1.54) is 12.5 Å². The highest BCUT2D eigenvalue weighted by Gasteiger charge is 2.30. The Morgan fingerprint density at radius 1 is 1.09 bits per heavy atom. The summed E-state index contributed by atoms with van der Waals surface area (Å²) in [5, 5.41) is 0. The molecule has 1 amide bonds. The van der Waals surface area contributed by atoms with Gasteiger partial charge in [0.2, 0.25) is 0 Å². The lowest BCUT2D eigenvalue weighted by Crippen LogP contribution is -2.38. The second-order valence-corrected chi connectivity index (χ2v) is 8.93. The van der Waals surface area contributed by atoms with Gasteiger partial charge >= 0.3 is 0 Å². The zero-order chi connectivity index (χ0) is 24.4. The van der Waals surface area contributed by atoms with Crippen LogP contribution in [0.1, 0.15) is 69.3 Å². The normalized spacial score (nSPS) is 15.6. The summed E-state index contributed by atoms with van der Waals surface area (Å²) in [6, 6.07) is 3.51. The van der Waals surface area contributed by atoms with Crippen LogP contribution in [0.25, 0.3) is 6.08 Å². The minimum Gasteiger partial charge on any atom is -0.483 e. The topological polar surface area (TPSA) is 108 Å². The summed E-state index contributed by atoms with van der Waals surface area (Å²) in [4.78, 5) is 26.8. The highest BCUT2D eigenvalue weighted by atomic mass is 35.5. The molecule has 9 heteroatoms. The molecule has 7 nitrogen and oxygen atoms in total. The Morgan fingerprint density at radius 3 is 2.26 bits per heavy atom. The number of ether oxygens (including phenoxy) is 2. The van der Waals surface area contributed by atoms with E-state index in [1.54, 1.807) is 17.0 Å². The predicted octanol–water partition coefficient (Wildman–Crippen LogP) is 4.55. The molecular formula is C26H41Cl2N3O4. The number of Topliss-reactive ketones (excluding diaryl/α,β-unsaturated/α-hetero) is 1. The molecule has 1 aliphatic heterocycles. The highest BCUT2D eigenvalue weighted by Crippen LogP contribution is 2.40. The Kier molecular flexibility index (Phi) is 14.9. The number of halogens is 2. The fourth-order valence-corrected chi connectivity index (χ4v) is 3.74. The minimum atomic E-state index is -0.453. The van der Waals surface area contributed by atoms with Crippen LogP contribution in [0.2, 0.25) is 0 Å². The monoisotopic (exact) mass is 529 g/mol. The molecule has 0 aliphatic carbocycles. The first-order chi connectivity index (χ1) is 15.7. The van der Waals surface area contributed by atoms with Crippen LogP contribution >= 0.6 is 24.8 Å². The van der Waals surface area contributed by atoms with Crippen LogP contribution in [0.3, 0.4) is 0 Å². The third-order valence-electron chi connectivity index (χ3n) is 5.63. The van der Waals surface area contributed by atoms with E-state index in [9.17, 15) is 9.59 Å². The number of hydrogen-bond acceptors (Lipinski definition) is 6. The van der Waals surface area contributed by atoms with Gasteiger partial charge < -0.3 is 25.8 Å².